The molecule has 2 aromatic rings. The van der Waals surface area contributed by atoms with Crippen molar-refractivity contribution in [2.45, 2.75) is 32.2 Å². The van der Waals surface area contributed by atoms with Crippen molar-refractivity contribution in [2.24, 2.45) is 5.73 Å². The lowest BCUT2D eigenvalue weighted by atomic mass is 10.0. The molecule has 22 heavy (non-hydrogen) atoms. The van der Waals surface area contributed by atoms with Gasteiger partial charge in [0.2, 0.25) is 5.91 Å². The van der Waals surface area contributed by atoms with Crippen LogP contribution in [0.5, 0.6) is 0 Å². The topological polar surface area (TPSA) is 55.1 Å². The van der Waals surface area contributed by atoms with Crippen LogP contribution in [0.3, 0.4) is 0 Å². The first-order chi connectivity index (χ1) is 10.1. The lowest BCUT2D eigenvalue weighted by molar-refractivity contribution is -0.117. The van der Waals surface area contributed by atoms with Crippen molar-refractivity contribution in [1.29, 1.82) is 0 Å². The number of halogens is 1. The van der Waals surface area contributed by atoms with Crippen LogP contribution in [0.1, 0.15) is 24.5 Å². The summed E-state index contributed by atoms with van der Waals surface area (Å²) in [6.45, 7) is 1.67. The predicted molar refractivity (Wildman–Crippen MR) is 94.4 cm³/mol. The third-order valence-electron chi connectivity index (χ3n) is 3.41. The standard InChI is InChI=1S/C18H22N2O.ClH/c1-14(19)18(21)20-17-12-10-16(11-13-17)9-5-8-15-6-3-2-4-7-15;/h2-4,6-7,10-14H,5,8-9,19H2,1H3,(H,20,21);1H/t14-;/m0./s1. The third kappa shape index (κ3) is 5.88. The van der Waals surface area contributed by atoms with E-state index in [1.165, 1.54) is 11.1 Å². The Balaban J connectivity index is 0.00000242. The summed E-state index contributed by atoms with van der Waals surface area (Å²) in [5.74, 6) is -0.160. The first-order valence-electron chi connectivity index (χ1n) is 7.34. The number of aryl methyl sites for hydroxylation is 2. The van der Waals surface area contributed by atoms with Gasteiger partial charge in [-0.05, 0) is 49.4 Å². The quantitative estimate of drug-likeness (QED) is 0.855. The predicted octanol–water partition coefficient (Wildman–Crippen LogP) is 3.57. The maximum Gasteiger partial charge on any atom is 0.240 e. The maximum atomic E-state index is 11.5. The summed E-state index contributed by atoms with van der Waals surface area (Å²) in [6.07, 6.45) is 3.25. The zero-order valence-corrected chi connectivity index (χ0v) is 13.6. The molecule has 1 amide bonds. The number of hydrogen-bond donors (Lipinski definition) is 2. The van der Waals surface area contributed by atoms with E-state index in [2.05, 4.69) is 41.7 Å². The Bertz CT molecular complexity index is 567. The Kier molecular flexibility index (Phi) is 7.64. The molecule has 1 atom stereocenters. The van der Waals surface area contributed by atoms with E-state index in [9.17, 15) is 4.79 Å². The minimum absolute atomic E-state index is 0. The molecule has 0 radical (unpaired) electrons. The summed E-state index contributed by atoms with van der Waals surface area (Å²) >= 11 is 0. The van der Waals surface area contributed by atoms with E-state index in [1.54, 1.807) is 6.92 Å². The van der Waals surface area contributed by atoms with Gasteiger partial charge in [-0.3, -0.25) is 4.79 Å². The molecule has 118 valence electrons. The highest BCUT2D eigenvalue weighted by Crippen LogP contribution is 2.13. The van der Waals surface area contributed by atoms with E-state index in [-0.39, 0.29) is 18.3 Å². The molecule has 0 aliphatic heterocycles. The molecule has 0 unspecified atom stereocenters. The number of anilines is 1. The second kappa shape index (κ2) is 9.23. The van der Waals surface area contributed by atoms with Gasteiger partial charge in [0.15, 0.2) is 0 Å². The van der Waals surface area contributed by atoms with Crippen LogP contribution < -0.4 is 11.1 Å². The van der Waals surface area contributed by atoms with Crippen molar-refractivity contribution in [2.75, 3.05) is 5.32 Å². The van der Waals surface area contributed by atoms with Crippen LogP contribution in [-0.4, -0.2) is 11.9 Å². The largest absolute Gasteiger partial charge is 0.325 e. The molecule has 0 fully saturated rings. The van der Waals surface area contributed by atoms with Gasteiger partial charge in [0.05, 0.1) is 6.04 Å². The van der Waals surface area contributed by atoms with Crippen molar-refractivity contribution in [3.8, 4) is 0 Å². The third-order valence-corrected chi connectivity index (χ3v) is 3.41. The number of benzene rings is 2. The van der Waals surface area contributed by atoms with Gasteiger partial charge in [-0.15, -0.1) is 12.4 Å². The molecular formula is C18H23ClN2O. The molecule has 3 N–H and O–H groups in total. The van der Waals surface area contributed by atoms with Gasteiger partial charge in [-0.25, -0.2) is 0 Å². The highest BCUT2D eigenvalue weighted by molar-refractivity contribution is 5.94. The SMILES string of the molecule is C[C@H](N)C(=O)Nc1ccc(CCCc2ccccc2)cc1.Cl. The number of nitrogens with one attached hydrogen (secondary N) is 1. The van der Waals surface area contributed by atoms with Crippen LogP contribution in [0.2, 0.25) is 0 Å². The summed E-state index contributed by atoms with van der Waals surface area (Å²) in [5, 5.41) is 2.79. The molecule has 0 aliphatic rings. The van der Waals surface area contributed by atoms with E-state index in [4.69, 9.17) is 5.73 Å². The Morgan fingerprint density at radius 1 is 1.00 bits per heavy atom. The molecule has 0 heterocycles. The summed E-state index contributed by atoms with van der Waals surface area (Å²) in [5.41, 5.74) is 8.97. The number of carbonyl (C=O) groups excluding carboxylic acids is 1. The molecule has 0 saturated heterocycles. The van der Waals surface area contributed by atoms with Gasteiger partial charge < -0.3 is 11.1 Å². The van der Waals surface area contributed by atoms with Gasteiger partial charge in [-0.2, -0.15) is 0 Å². The monoisotopic (exact) mass is 318 g/mol. The fourth-order valence-electron chi connectivity index (χ4n) is 2.15. The van der Waals surface area contributed by atoms with Gasteiger partial charge in [0, 0.05) is 5.69 Å². The van der Waals surface area contributed by atoms with Crippen LogP contribution in [0.15, 0.2) is 54.6 Å². The lowest BCUT2D eigenvalue weighted by Gasteiger charge is -2.08. The van der Waals surface area contributed by atoms with Crippen LogP contribution in [0.25, 0.3) is 0 Å². The normalized spacial score (nSPS) is 11.4. The summed E-state index contributed by atoms with van der Waals surface area (Å²) in [4.78, 5) is 11.5. The molecule has 2 rings (SSSR count). The van der Waals surface area contributed by atoms with Crippen LogP contribution in [-0.2, 0) is 17.6 Å². The zero-order chi connectivity index (χ0) is 15.1. The van der Waals surface area contributed by atoms with Gasteiger partial charge in [0.1, 0.15) is 0 Å². The average Bonchev–Trinajstić information content (AvgIpc) is 2.50. The molecule has 2 aromatic carbocycles. The zero-order valence-electron chi connectivity index (χ0n) is 12.8. The molecule has 0 spiro atoms. The molecule has 3 nitrogen and oxygen atoms in total. The second-order valence-electron chi connectivity index (χ2n) is 5.31. The molecule has 0 saturated carbocycles. The van der Waals surface area contributed by atoms with Gasteiger partial charge in [-0.1, -0.05) is 42.5 Å². The summed E-state index contributed by atoms with van der Waals surface area (Å²) < 4.78 is 0. The van der Waals surface area contributed by atoms with E-state index < -0.39 is 6.04 Å². The van der Waals surface area contributed by atoms with Crippen LogP contribution in [0, 0.1) is 0 Å². The minimum Gasteiger partial charge on any atom is -0.325 e. The van der Waals surface area contributed by atoms with Crippen LogP contribution in [0.4, 0.5) is 5.69 Å². The summed E-state index contributed by atoms with van der Waals surface area (Å²) in [7, 11) is 0. The molecular weight excluding hydrogens is 296 g/mol. The first-order valence-corrected chi connectivity index (χ1v) is 7.34. The maximum absolute atomic E-state index is 11.5. The van der Waals surface area contributed by atoms with Gasteiger partial charge >= 0.3 is 0 Å². The van der Waals surface area contributed by atoms with Crippen molar-refractivity contribution in [1.82, 2.24) is 0 Å². The van der Waals surface area contributed by atoms with Crippen LogP contribution >= 0.6 is 12.4 Å². The second-order valence-corrected chi connectivity index (χ2v) is 5.31. The minimum atomic E-state index is -0.490. The van der Waals surface area contributed by atoms with Crippen molar-refractivity contribution in [3.63, 3.8) is 0 Å². The smallest absolute Gasteiger partial charge is 0.240 e. The fraction of sp³-hybridized carbons (Fsp3) is 0.278. The number of amides is 1. The Morgan fingerprint density at radius 3 is 2.09 bits per heavy atom. The highest BCUT2D eigenvalue weighted by atomic mass is 35.5. The number of nitrogens with two attached hydrogens (primary N) is 1. The van der Waals surface area contributed by atoms with E-state index in [1.807, 2.05) is 18.2 Å². The fourth-order valence-corrected chi connectivity index (χ4v) is 2.15. The van der Waals surface area contributed by atoms with Crippen molar-refractivity contribution >= 4 is 24.0 Å². The van der Waals surface area contributed by atoms with E-state index in [0.29, 0.717) is 0 Å². The Morgan fingerprint density at radius 2 is 1.55 bits per heavy atom. The van der Waals surface area contributed by atoms with Crippen molar-refractivity contribution < 1.29 is 4.79 Å². The Labute approximate surface area is 138 Å². The molecule has 0 aliphatic carbocycles. The van der Waals surface area contributed by atoms with Gasteiger partial charge in [0.25, 0.3) is 0 Å². The molecule has 4 heteroatoms. The number of hydrogen-bond acceptors (Lipinski definition) is 2. The van der Waals surface area contributed by atoms with E-state index >= 15 is 0 Å². The van der Waals surface area contributed by atoms with Crippen molar-refractivity contribution in [3.05, 3.63) is 65.7 Å². The average molecular weight is 319 g/mol. The highest BCUT2D eigenvalue weighted by Gasteiger charge is 2.06. The first kappa shape index (κ1) is 18.2. The summed E-state index contributed by atoms with van der Waals surface area (Å²) in [6, 6.07) is 18.0. The molecule has 0 aromatic heterocycles. The molecule has 0 bridgehead atoms. The van der Waals surface area contributed by atoms with E-state index in [0.717, 1.165) is 24.9 Å². The lowest BCUT2D eigenvalue weighted by Crippen LogP contribution is -2.32. The Hall–Kier alpha value is -1.84. The number of carbonyl (C=O) groups is 1. The number of rotatable bonds is 6.